The predicted molar refractivity (Wildman–Crippen MR) is 106 cm³/mol. The lowest BCUT2D eigenvalue weighted by Gasteiger charge is -2.08. The van der Waals surface area contributed by atoms with Gasteiger partial charge in [-0.05, 0) is 39.8 Å². The molecular weight excluding hydrogens is 518 g/mol. The number of aromatic nitrogens is 2. The van der Waals surface area contributed by atoms with E-state index in [-0.39, 0.29) is 0 Å². The second-order valence-electron chi connectivity index (χ2n) is 6.22. The maximum absolute atomic E-state index is 10.7. The third-order valence-corrected chi connectivity index (χ3v) is 4.44. The molecule has 16 heteroatoms. The first-order valence-corrected chi connectivity index (χ1v) is 11.9. The average Bonchev–Trinajstić information content (AvgIpc) is 2.66. The minimum Gasteiger partial charge on any atom is -0.741 e. The Morgan fingerprint density at radius 2 is 0.941 bits per heavy atom. The van der Waals surface area contributed by atoms with Gasteiger partial charge in [0.05, 0.1) is 0 Å². The first-order chi connectivity index (χ1) is 15.2. The Hall–Kier alpha value is -2.30. The first-order valence-electron chi connectivity index (χ1n) is 9.11. The van der Waals surface area contributed by atoms with Crippen LogP contribution >= 0.6 is 0 Å². The molecule has 0 aliphatic heterocycles. The maximum Gasteiger partial charge on any atom is 0.485 e. The van der Waals surface area contributed by atoms with Gasteiger partial charge in [-0.3, -0.25) is 0 Å². The van der Waals surface area contributed by atoms with Crippen LogP contribution in [0.2, 0.25) is 0 Å². The fraction of sp³-hybridized carbons (Fsp3) is 0.444. The molecule has 2 heterocycles. The lowest BCUT2D eigenvalue weighted by molar-refractivity contribution is -0.694. The van der Waals surface area contributed by atoms with Gasteiger partial charge in [-0.1, -0.05) is 0 Å². The van der Waals surface area contributed by atoms with Crippen LogP contribution < -0.4 is 9.13 Å². The van der Waals surface area contributed by atoms with Gasteiger partial charge in [-0.25, -0.2) is 26.0 Å². The monoisotopic (exact) mass is 542 g/mol. The zero-order valence-corrected chi connectivity index (χ0v) is 20.1. The van der Waals surface area contributed by atoms with Gasteiger partial charge in [0.2, 0.25) is 0 Å². The number of aryl methyl sites for hydroxylation is 4. The minimum absolute atomic E-state index is 1.06. The molecule has 0 radical (unpaired) electrons. The Kier molecular flexibility index (Phi) is 14.1. The zero-order chi connectivity index (χ0) is 27.4. The van der Waals surface area contributed by atoms with Crippen molar-refractivity contribution >= 4 is 20.2 Å². The molecule has 196 valence electrons. The maximum atomic E-state index is 10.7. The standard InChI is InChI=1S/2C8H12N.2CHF3O3S/c2*1-3-9-6-4-5-8(2)7-9;2*2-1(3,4)8(5,6)7/h2*4-7H,3H2,1-2H3;2*(H,5,6,7)/q2*+1;;/p-2. The number of pyridine rings is 2. The van der Waals surface area contributed by atoms with Crippen molar-refractivity contribution in [3.63, 3.8) is 0 Å². The Bertz CT molecular complexity index is 1000. The van der Waals surface area contributed by atoms with Crippen molar-refractivity contribution in [2.24, 2.45) is 0 Å². The largest absolute Gasteiger partial charge is 0.741 e. The van der Waals surface area contributed by atoms with Gasteiger partial charge in [0, 0.05) is 23.3 Å². The molecule has 0 aliphatic carbocycles. The molecule has 0 fully saturated rings. The summed E-state index contributed by atoms with van der Waals surface area (Å²) < 4.78 is 122. The molecule has 34 heavy (non-hydrogen) atoms. The summed E-state index contributed by atoms with van der Waals surface area (Å²) in [6, 6.07) is 8.34. The highest BCUT2D eigenvalue weighted by molar-refractivity contribution is 7.86. The molecule has 2 rings (SSSR count). The van der Waals surface area contributed by atoms with Crippen LogP contribution in [-0.4, -0.2) is 37.0 Å². The summed E-state index contributed by atoms with van der Waals surface area (Å²) in [6.07, 6.45) is 8.43. The average molecular weight is 543 g/mol. The Labute approximate surface area is 194 Å². The fourth-order valence-electron chi connectivity index (χ4n) is 1.70. The van der Waals surface area contributed by atoms with Crippen molar-refractivity contribution in [1.29, 1.82) is 0 Å². The second kappa shape index (κ2) is 14.2. The highest BCUT2D eigenvalue weighted by Crippen LogP contribution is 2.21. The SMILES string of the molecule is CC[n+]1cccc(C)c1.CC[n+]1cccc(C)c1.O=S(=O)([O-])C(F)(F)F.O=S(=O)([O-])C(F)(F)F. The summed E-state index contributed by atoms with van der Waals surface area (Å²) in [4.78, 5) is 0. The fourth-order valence-corrected chi connectivity index (χ4v) is 1.70. The lowest BCUT2D eigenvalue weighted by Crippen LogP contribution is -2.30. The molecule has 2 aromatic heterocycles. The predicted octanol–water partition coefficient (Wildman–Crippen LogP) is 2.71. The third kappa shape index (κ3) is 15.5. The van der Waals surface area contributed by atoms with Crippen molar-refractivity contribution in [1.82, 2.24) is 0 Å². The van der Waals surface area contributed by atoms with E-state index < -0.39 is 31.3 Å². The normalized spacial score (nSPS) is 11.6. The number of rotatable bonds is 2. The number of nitrogens with zero attached hydrogens (tertiary/aromatic N) is 2. The third-order valence-electron chi connectivity index (χ3n) is 3.31. The Morgan fingerprint density at radius 1 is 0.706 bits per heavy atom. The highest BCUT2D eigenvalue weighted by Gasteiger charge is 2.37. The van der Waals surface area contributed by atoms with Crippen LogP contribution in [0, 0.1) is 13.8 Å². The van der Waals surface area contributed by atoms with Crippen LogP contribution in [0.3, 0.4) is 0 Å². The van der Waals surface area contributed by atoms with E-state index in [9.17, 15) is 26.3 Å². The van der Waals surface area contributed by atoms with Crippen LogP contribution in [0.25, 0.3) is 0 Å². The molecule has 8 nitrogen and oxygen atoms in total. The molecule has 0 aromatic carbocycles. The van der Waals surface area contributed by atoms with Gasteiger partial charge < -0.3 is 9.11 Å². The lowest BCUT2D eigenvalue weighted by atomic mass is 10.3. The second-order valence-corrected chi connectivity index (χ2v) is 8.97. The molecule has 0 saturated heterocycles. The van der Waals surface area contributed by atoms with Crippen molar-refractivity contribution in [3.05, 3.63) is 60.2 Å². The molecule has 0 saturated carbocycles. The molecule has 0 unspecified atom stereocenters. The molecule has 0 aliphatic rings. The summed E-state index contributed by atoms with van der Waals surface area (Å²) in [5.41, 5.74) is -8.65. The van der Waals surface area contributed by atoms with E-state index in [1.165, 1.54) is 11.1 Å². The summed E-state index contributed by atoms with van der Waals surface area (Å²) in [5, 5.41) is 0. The van der Waals surface area contributed by atoms with E-state index in [0.717, 1.165) is 13.1 Å². The van der Waals surface area contributed by atoms with Crippen molar-refractivity contribution in [2.45, 2.75) is 51.8 Å². The van der Waals surface area contributed by atoms with E-state index in [1.807, 2.05) is 0 Å². The summed E-state index contributed by atoms with van der Waals surface area (Å²) in [5.74, 6) is 0. The van der Waals surface area contributed by atoms with E-state index in [1.54, 1.807) is 0 Å². The molecule has 2 aromatic rings. The van der Waals surface area contributed by atoms with E-state index in [4.69, 9.17) is 25.9 Å². The Balaban J connectivity index is 0. The molecule has 0 spiro atoms. The molecule has 0 bridgehead atoms. The minimum atomic E-state index is -6.09. The van der Waals surface area contributed by atoms with E-state index in [2.05, 4.69) is 85.9 Å². The number of hydrogen-bond donors (Lipinski definition) is 0. The Morgan fingerprint density at radius 3 is 1.06 bits per heavy atom. The molecule has 0 N–H and O–H groups in total. The van der Waals surface area contributed by atoms with Crippen molar-refractivity contribution in [2.75, 3.05) is 0 Å². The van der Waals surface area contributed by atoms with Crippen LogP contribution in [0.1, 0.15) is 25.0 Å². The molecule has 0 atom stereocenters. The number of hydrogen-bond acceptors (Lipinski definition) is 6. The van der Waals surface area contributed by atoms with Gasteiger partial charge in [0.25, 0.3) is 0 Å². The smallest absolute Gasteiger partial charge is 0.485 e. The molecule has 0 amide bonds. The van der Waals surface area contributed by atoms with Gasteiger partial charge in [-0.15, -0.1) is 0 Å². The van der Waals surface area contributed by atoms with Gasteiger partial charge in [0.15, 0.2) is 45.0 Å². The quantitative estimate of drug-likeness (QED) is 0.249. The van der Waals surface area contributed by atoms with Crippen molar-refractivity contribution < 1.29 is 61.4 Å². The van der Waals surface area contributed by atoms with Crippen LogP contribution in [0.15, 0.2) is 49.1 Å². The summed E-state index contributed by atoms with van der Waals surface area (Å²) in [7, 11) is -12.2. The van der Waals surface area contributed by atoms with Crippen LogP contribution in [0.4, 0.5) is 26.3 Å². The summed E-state index contributed by atoms with van der Waals surface area (Å²) in [6.45, 7) is 10.6. The molecular formula is C18H24F6N2O6S2. The van der Waals surface area contributed by atoms with E-state index in [0.29, 0.717) is 0 Å². The summed E-state index contributed by atoms with van der Waals surface area (Å²) >= 11 is 0. The highest BCUT2D eigenvalue weighted by atomic mass is 32.2. The van der Waals surface area contributed by atoms with E-state index >= 15 is 0 Å². The number of alkyl halides is 6. The van der Waals surface area contributed by atoms with Crippen LogP contribution in [-0.2, 0) is 33.3 Å². The van der Waals surface area contributed by atoms with Gasteiger partial charge in [-0.2, -0.15) is 26.3 Å². The van der Waals surface area contributed by atoms with Crippen molar-refractivity contribution in [3.8, 4) is 0 Å². The van der Waals surface area contributed by atoms with Gasteiger partial charge >= 0.3 is 11.0 Å². The van der Waals surface area contributed by atoms with Gasteiger partial charge in [0.1, 0.15) is 13.1 Å². The topological polar surface area (TPSA) is 122 Å². The first kappa shape index (κ1) is 33.9. The number of halogens is 6. The van der Waals surface area contributed by atoms with Crippen LogP contribution in [0.5, 0.6) is 0 Å². The zero-order valence-electron chi connectivity index (χ0n) is 18.5.